The van der Waals surface area contributed by atoms with Crippen molar-refractivity contribution >= 4 is 0 Å². The largest absolute Gasteiger partial charge is 0.573 e. The lowest BCUT2D eigenvalue weighted by Crippen LogP contribution is -2.19. The molecule has 0 atom stereocenters. The Morgan fingerprint density at radius 2 is 1.54 bits per heavy atom. The molecule has 2 aromatic carbocycles. The molecule has 0 heterocycles. The summed E-state index contributed by atoms with van der Waals surface area (Å²) in [6, 6.07) is 7.28. The van der Waals surface area contributed by atoms with Gasteiger partial charge in [0.15, 0.2) is 11.6 Å². The van der Waals surface area contributed by atoms with E-state index in [1.807, 2.05) is 0 Å². The number of ether oxygens (including phenoxy) is 2. The fourth-order valence-corrected chi connectivity index (χ4v) is 3.41. The van der Waals surface area contributed by atoms with E-state index >= 15 is 0 Å². The first kappa shape index (κ1) is 20.4. The third-order valence-electron chi connectivity index (χ3n) is 5.06. The van der Waals surface area contributed by atoms with Crippen molar-refractivity contribution < 1.29 is 31.4 Å². The zero-order valence-corrected chi connectivity index (χ0v) is 15.4. The zero-order chi connectivity index (χ0) is 20.3. The fourth-order valence-electron chi connectivity index (χ4n) is 3.41. The molecule has 0 unspecified atom stereocenters. The lowest BCUT2D eigenvalue weighted by molar-refractivity contribution is -0.274. The van der Waals surface area contributed by atoms with Crippen molar-refractivity contribution in [3.8, 4) is 22.6 Å². The van der Waals surface area contributed by atoms with E-state index in [4.69, 9.17) is 4.74 Å². The molecule has 0 aromatic heterocycles. The van der Waals surface area contributed by atoms with Crippen LogP contribution in [-0.2, 0) is 0 Å². The van der Waals surface area contributed by atoms with E-state index in [9.17, 15) is 22.0 Å². The highest BCUT2D eigenvalue weighted by Gasteiger charge is 2.31. The van der Waals surface area contributed by atoms with Crippen LogP contribution in [0, 0.1) is 23.5 Å². The van der Waals surface area contributed by atoms with Gasteiger partial charge in [-0.1, -0.05) is 31.9 Å². The maximum Gasteiger partial charge on any atom is 0.573 e. The summed E-state index contributed by atoms with van der Waals surface area (Å²) in [5.41, 5.74) is 0.175. The van der Waals surface area contributed by atoms with E-state index in [1.165, 1.54) is 24.3 Å². The van der Waals surface area contributed by atoms with Crippen LogP contribution in [0.4, 0.5) is 22.0 Å². The van der Waals surface area contributed by atoms with Crippen LogP contribution in [0.3, 0.4) is 0 Å². The Labute approximate surface area is 160 Å². The minimum absolute atomic E-state index is 0.0603. The lowest BCUT2D eigenvalue weighted by atomic mass is 9.83. The smallest absolute Gasteiger partial charge is 0.490 e. The lowest BCUT2D eigenvalue weighted by Gasteiger charge is -2.26. The van der Waals surface area contributed by atoms with Gasteiger partial charge in [-0.3, -0.25) is 0 Å². The molecular weight excluding hydrogens is 379 g/mol. The Hall–Kier alpha value is -2.31. The van der Waals surface area contributed by atoms with Crippen molar-refractivity contribution in [2.75, 3.05) is 6.61 Å². The fraction of sp³-hybridized carbons (Fsp3) is 0.429. The van der Waals surface area contributed by atoms with Gasteiger partial charge in [0.25, 0.3) is 0 Å². The summed E-state index contributed by atoms with van der Waals surface area (Å²) in [6.45, 7) is 2.54. The van der Waals surface area contributed by atoms with Crippen molar-refractivity contribution in [2.45, 2.75) is 39.0 Å². The minimum Gasteiger partial charge on any atom is -0.490 e. The van der Waals surface area contributed by atoms with Gasteiger partial charge in [0.1, 0.15) is 5.75 Å². The van der Waals surface area contributed by atoms with Crippen molar-refractivity contribution in [1.82, 2.24) is 0 Å². The maximum atomic E-state index is 14.5. The van der Waals surface area contributed by atoms with E-state index in [2.05, 4.69) is 11.7 Å². The maximum absolute atomic E-state index is 14.5. The van der Waals surface area contributed by atoms with E-state index in [-0.39, 0.29) is 16.9 Å². The number of hydrogen-bond acceptors (Lipinski definition) is 2. The summed E-state index contributed by atoms with van der Waals surface area (Å²) in [5.74, 6) is -1.76. The zero-order valence-electron chi connectivity index (χ0n) is 15.4. The molecule has 1 saturated carbocycles. The normalized spacial score (nSPS) is 20.1. The highest BCUT2D eigenvalue weighted by atomic mass is 19.4. The summed E-state index contributed by atoms with van der Waals surface area (Å²) in [7, 11) is 0. The Morgan fingerprint density at radius 3 is 2.14 bits per heavy atom. The molecule has 28 heavy (non-hydrogen) atoms. The summed E-state index contributed by atoms with van der Waals surface area (Å²) < 4.78 is 74.8. The van der Waals surface area contributed by atoms with Gasteiger partial charge in [0.05, 0.1) is 6.61 Å². The second-order valence-corrected chi connectivity index (χ2v) is 7.25. The number of rotatable bonds is 5. The molecule has 7 heteroatoms. The molecule has 0 saturated heterocycles. The van der Waals surface area contributed by atoms with Gasteiger partial charge in [-0.25, -0.2) is 4.39 Å². The van der Waals surface area contributed by atoms with E-state index < -0.39 is 23.7 Å². The van der Waals surface area contributed by atoms with E-state index in [0.717, 1.165) is 37.8 Å². The van der Waals surface area contributed by atoms with Crippen molar-refractivity contribution in [2.24, 2.45) is 11.8 Å². The average molecular weight is 400 g/mol. The monoisotopic (exact) mass is 400 g/mol. The minimum atomic E-state index is -4.81. The second-order valence-electron chi connectivity index (χ2n) is 7.25. The molecule has 152 valence electrons. The Bertz CT molecular complexity index is 794. The van der Waals surface area contributed by atoms with Crippen LogP contribution >= 0.6 is 0 Å². The molecule has 0 spiro atoms. The summed E-state index contributed by atoms with van der Waals surface area (Å²) in [6.07, 6.45) is -0.574. The highest BCUT2D eigenvalue weighted by Crippen LogP contribution is 2.33. The van der Waals surface area contributed by atoms with Crippen LogP contribution in [0.15, 0.2) is 36.4 Å². The molecule has 2 nitrogen and oxygen atoms in total. The van der Waals surface area contributed by atoms with Crippen molar-refractivity contribution in [3.63, 3.8) is 0 Å². The van der Waals surface area contributed by atoms with E-state index in [0.29, 0.717) is 18.4 Å². The number of benzene rings is 2. The Balaban J connectivity index is 1.69. The molecule has 0 N–H and O–H groups in total. The third-order valence-corrected chi connectivity index (χ3v) is 5.06. The number of alkyl halides is 3. The van der Waals surface area contributed by atoms with Gasteiger partial charge in [-0.15, -0.1) is 13.2 Å². The second kappa shape index (κ2) is 8.37. The SMILES string of the molecule is C[C@H]1CC[C@H](COc2ccc(-c3ccc(OC(F)(F)F)cc3)c(F)c2F)CC1. The highest BCUT2D eigenvalue weighted by molar-refractivity contribution is 5.66. The van der Waals surface area contributed by atoms with Crippen LogP contribution < -0.4 is 9.47 Å². The van der Waals surface area contributed by atoms with Crippen molar-refractivity contribution in [1.29, 1.82) is 0 Å². The molecule has 0 bridgehead atoms. The Morgan fingerprint density at radius 1 is 0.893 bits per heavy atom. The molecule has 0 aliphatic heterocycles. The van der Waals surface area contributed by atoms with Gasteiger partial charge < -0.3 is 9.47 Å². The molecule has 1 fully saturated rings. The number of hydrogen-bond donors (Lipinski definition) is 0. The topological polar surface area (TPSA) is 18.5 Å². The van der Waals surface area contributed by atoms with Gasteiger partial charge >= 0.3 is 6.36 Å². The summed E-state index contributed by atoms with van der Waals surface area (Å²) >= 11 is 0. The molecule has 0 radical (unpaired) electrons. The molecule has 2 aromatic rings. The van der Waals surface area contributed by atoms with Crippen LogP contribution in [-0.4, -0.2) is 13.0 Å². The average Bonchev–Trinajstić information content (AvgIpc) is 2.64. The predicted octanol–water partition coefficient (Wildman–Crippen LogP) is 6.74. The van der Waals surface area contributed by atoms with Gasteiger partial charge in [-0.05, 0) is 54.5 Å². The first-order valence-corrected chi connectivity index (χ1v) is 9.20. The quantitative estimate of drug-likeness (QED) is 0.518. The standard InChI is InChI=1S/C21H21F5O2/c1-13-2-4-14(5-3-13)12-27-18-11-10-17(19(22)20(18)23)15-6-8-16(9-7-15)28-21(24,25)26/h6-11,13-14H,2-5,12H2,1H3/t13-,14-. The molecule has 0 amide bonds. The van der Waals surface area contributed by atoms with Gasteiger partial charge in [-0.2, -0.15) is 4.39 Å². The first-order chi connectivity index (χ1) is 13.2. The number of halogens is 5. The molecule has 1 aliphatic rings. The summed E-state index contributed by atoms with van der Waals surface area (Å²) in [5, 5.41) is 0. The van der Waals surface area contributed by atoms with Crippen LogP contribution in [0.1, 0.15) is 32.6 Å². The predicted molar refractivity (Wildman–Crippen MR) is 95.1 cm³/mol. The van der Waals surface area contributed by atoms with Crippen LogP contribution in [0.2, 0.25) is 0 Å². The van der Waals surface area contributed by atoms with E-state index in [1.54, 1.807) is 0 Å². The first-order valence-electron chi connectivity index (χ1n) is 9.20. The van der Waals surface area contributed by atoms with Gasteiger partial charge in [0, 0.05) is 5.56 Å². The van der Waals surface area contributed by atoms with Crippen LogP contribution in [0.5, 0.6) is 11.5 Å². The molecule has 1 aliphatic carbocycles. The molecule has 3 rings (SSSR count). The third kappa shape index (κ3) is 5.14. The van der Waals surface area contributed by atoms with Gasteiger partial charge in [0.2, 0.25) is 5.82 Å². The summed E-state index contributed by atoms with van der Waals surface area (Å²) in [4.78, 5) is 0. The van der Waals surface area contributed by atoms with Crippen LogP contribution in [0.25, 0.3) is 11.1 Å². The Kier molecular flexibility index (Phi) is 6.10. The van der Waals surface area contributed by atoms with Crippen molar-refractivity contribution in [3.05, 3.63) is 48.0 Å². The molecular formula is C21H21F5O2.